The second-order valence-corrected chi connectivity index (χ2v) is 6.82. The predicted molar refractivity (Wildman–Crippen MR) is 106 cm³/mol. The van der Waals surface area contributed by atoms with Gasteiger partial charge in [0.2, 0.25) is 0 Å². The molecule has 1 heterocycles. The molecule has 0 atom stereocenters. The summed E-state index contributed by atoms with van der Waals surface area (Å²) in [7, 11) is 0. The zero-order valence-corrected chi connectivity index (χ0v) is 16.1. The lowest BCUT2D eigenvalue weighted by Crippen LogP contribution is -2.48. The smallest absolute Gasteiger partial charge is 0.320 e. The lowest BCUT2D eigenvalue weighted by Gasteiger charge is -2.33. The van der Waals surface area contributed by atoms with E-state index >= 15 is 0 Å². The lowest BCUT2D eigenvalue weighted by atomic mass is 10.1. The van der Waals surface area contributed by atoms with Crippen molar-refractivity contribution in [3.05, 3.63) is 71.0 Å². The quantitative estimate of drug-likeness (QED) is 0.441. The first-order valence-corrected chi connectivity index (χ1v) is 9.53. The molecule has 7 nitrogen and oxygen atoms in total. The van der Waals surface area contributed by atoms with E-state index in [2.05, 4.69) is 0 Å². The molecular weight excluding hydrogens is 375 g/mol. The van der Waals surface area contributed by atoms with Crippen LogP contribution < -0.4 is 11.3 Å². The molecule has 1 aliphatic heterocycles. The average molecular weight is 400 g/mol. The highest BCUT2D eigenvalue weighted by Gasteiger charge is 2.24. The normalized spacial score (nSPS) is 13.8. The molecule has 1 aliphatic rings. The fourth-order valence-corrected chi connectivity index (χ4v) is 3.21. The molecule has 1 saturated heterocycles. The van der Waals surface area contributed by atoms with Crippen molar-refractivity contribution in [2.45, 2.75) is 13.0 Å². The number of carbonyl (C=O) groups excluding carboxylic acids is 2. The second kappa shape index (κ2) is 9.99. The Kier molecular flexibility index (Phi) is 7.15. The molecule has 1 fully saturated rings. The number of hydrazine groups is 1. The van der Waals surface area contributed by atoms with Crippen LogP contribution in [0.5, 0.6) is 0 Å². The molecule has 154 valence electrons. The molecule has 0 spiro atoms. The van der Waals surface area contributed by atoms with Gasteiger partial charge < -0.3 is 14.5 Å². The van der Waals surface area contributed by atoms with Crippen LogP contribution in [0.2, 0.25) is 0 Å². The van der Waals surface area contributed by atoms with Crippen LogP contribution in [0.25, 0.3) is 0 Å². The van der Waals surface area contributed by atoms with Crippen LogP contribution >= 0.6 is 0 Å². The minimum atomic E-state index is -0.569. The van der Waals surface area contributed by atoms with Crippen molar-refractivity contribution in [3.8, 4) is 0 Å². The van der Waals surface area contributed by atoms with Crippen molar-refractivity contribution in [3.63, 3.8) is 0 Å². The Morgan fingerprint density at radius 2 is 1.86 bits per heavy atom. The van der Waals surface area contributed by atoms with Gasteiger partial charge in [0, 0.05) is 30.8 Å². The first-order chi connectivity index (χ1) is 14.1. The molecule has 29 heavy (non-hydrogen) atoms. The Bertz CT molecular complexity index is 841. The third-order valence-electron chi connectivity index (χ3n) is 4.87. The minimum absolute atomic E-state index is 0.110. The number of nitrogens with one attached hydrogen (secondary N) is 1. The first kappa shape index (κ1) is 20.8. The van der Waals surface area contributed by atoms with Crippen molar-refractivity contribution in [1.82, 2.24) is 15.2 Å². The standard InChI is InChI=1S/C21H25FN4O3/c22-19-14-17(20(27)24-23)6-7-18(19)15-26(9-8-16-4-2-1-3-5-16)21(28)25-10-12-29-13-11-25/h1-7,14H,8-13,15,23H2,(H,24,27). The summed E-state index contributed by atoms with van der Waals surface area (Å²) in [6.45, 7) is 2.58. The molecule has 0 bridgehead atoms. The van der Waals surface area contributed by atoms with Crippen LogP contribution in [-0.4, -0.2) is 54.6 Å². The largest absolute Gasteiger partial charge is 0.378 e. The van der Waals surface area contributed by atoms with Gasteiger partial charge in [0.25, 0.3) is 5.91 Å². The molecule has 3 N–H and O–H groups in total. The molecule has 0 saturated carbocycles. The summed E-state index contributed by atoms with van der Waals surface area (Å²) in [5, 5.41) is 0. The van der Waals surface area contributed by atoms with Crippen LogP contribution in [0, 0.1) is 5.82 Å². The van der Waals surface area contributed by atoms with Gasteiger partial charge in [-0.05, 0) is 24.1 Å². The molecule has 0 radical (unpaired) electrons. The Morgan fingerprint density at radius 1 is 1.14 bits per heavy atom. The van der Waals surface area contributed by atoms with E-state index in [4.69, 9.17) is 10.6 Å². The number of carbonyl (C=O) groups is 2. The number of amides is 3. The number of halogens is 1. The van der Waals surface area contributed by atoms with E-state index in [9.17, 15) is 14.0 Å². The van der Waals surface area contributed by atoms with E-state index in [1.165, 1.54) is 12.1 Å². The van der Waals surface area contributed by atoms with Gasteiger partial charge >= 0.3 is 6.03 Å². The van der Waals surface area contributed by atoms with Crippen LogP contribution in [0.15, 0.2) is 48.5 Å². The number of urea groups is 1. The van der Waals surface area contributed by atoms with Gasteiger partial charge in [-0.15, -0.1) is 0 Å². The van der Waals surface area contributed by atoms with E-state index in [1.807, 2.05) is 35.8 Å². The molecule has 3 amide bonds. The summed E-state index contributed by atoms with van der Waals surface area (Å²) < 4.78 is 19.9. The van der Waals surface area contributed by atoms with Crippen molar-refractivity contribution >= 4 is 11.9 Å². The van der Waals surface area contributed by atoms with Crippen LogP contribution in [-0.2, 0) is 17.7 Å². The van der Waals surface area contributed by atoms with Gasteiger partial charge in [-0.2, -0.15) is 0 Å². The number of nitrogens with two attached hydrogens (primary N) is 1. The average Bonchev–Trinajstić information content (AvgIpc) is 2.77. The van der Waals surface area contributed by atoms with E-state index in [0.717, 1.165) is 11.6 Å². The van der Waals surface area contributed by atoms with E-state index in [1.54, 1.807) is 9.80 Å². The molecule has 0 aliphatic carbocycles. The highest BCUT2D eigenvalue weighted by atomic mass is 19.1. The molecule has 0 aromatic heterocycles. The zero-order valence-electron chi connectivity index (χ0n) is 16.1. The summed E-state index contributed by atoms with van der Waals surface area (Å²) >= 11 is 0. The van der Waals surface area contributed by atoms with Crippen molar-refractivity contribution < 1.29 is 18.7 Å². The first-order valence-electron chi connectivity index (χ1n) is 9.53. The predicted octanol–water partition coefficient (Wildman–Crippen LogP) is 1.93. The number of hydrogen-bond acceptors (Lipinski definition) is 4. The highest BCUT2D eigenvalue weighted by molar-refractivity contribution is 5.93. The third kappa shape index (κ3) is 5.52. The molecule has 3 rings (SSSR count). The summed E-state index contributed by atoms with van der Waals surface area (Å²) in [4.78, 5) is 28.0. The van der Waals surface area contributed by atoms with Gasteiger partial charge in [0.05, 0.1) is 19.8 Å². The Morgan fingerprint density at radius 3 is 2.52 bits per heavy atom. The SMILES string of the molecule is NNC(=O)c1ccc(CN(CCc2ccccc2)C(=O)N2CCOCC2)c(F)c1. The van der Waals surface area contributed by atoms with Crippen molar-refractivity contribution in [1.29, 1.82) is 0 Å². The number of rotatable bonds is 6. The maximum absolute atomic E-state index is 14.6. The topological polar surface area (TPSA) is 87.9 Å². The van der Waals surface area contributed by atoms with Crippen LogP contribution in [0.3, 0.4) is 0 Å². The number of ether oxygens (including phenoxy) is 1. The van der Waals surface area contributed by atoms with Gasteiger partial charge in [-0.1, -0.05) is 36.4 Å². The molecule has 2 aromatic carbocycles. The van der Waals surface area contributed by atoms with Crippen LogP contribution in [0.4, 0.5) is 9.18 Å². The third-order valence-corrected chi connectivity index (χ3v) is 4.87. The Balaban J connectivity index is 1.76. The summed E-state index contributed by atoms with van der Waals surface area (Å²) in [5.74, 6) is 3.98. The fourth-order valence-electron chi connectivity index (χ4n) is 3.21. The fraction of sp³-hybridized carbons (Fsp3) is 0.333. The highest BCUT2D eigenvalue weighted by Crippen LogP contribution is 2.16. The Hall–Kier alpha value is -2.97. The lowest BCUT2D eigenvalue weighted by molar-refractivity contribution is 0.0426. The zero-order chi connectivity index (χ0) is 20.6. The molecular formula is C21H25FN4O3. The summed E-state index contributed by atoms with van der Waals surface area (Å²) in [5.41, 5.74) is 3.55. The van der Waals surface area contributed by atoms with E-state index in [0.29, 0.717) is 44.8 Å². The Labute approximate surface area is 169 Å². The van der Waals surface area contributed by atoms with Crippen molar-refractivity contribution in [2.75, 3.05) is 32.8 Å². The maximum atomic E-state index is 14.6. The second-order valence-electron chi connectivity index (χ2n) is 6.82. The summed E-state index contributed by atoms with van der Waals surface area (Å²) in [6.07, 6.45) is 0.659. The number of morpholine rings is 1. The number of nitrogens with zero attached hydrogens (tertiary/aromatic N) is 2. The van der Waals surface area contributed by atoms with E-state index < -0.39 is 11.7 Å². The van der Waals surface area contributed by atoms with Crippen LogP contribution in [0.1, 0.15) is 21.5 Å². The maximum Gasteiger partial charge on any atom is 0.320 e. The van der Waals surface area contributed by atoms with E-state index in [-0.39, 0.29) is 18.1 Å². The number of hydrogen-bond donors (Lipinski definition) is 2. The van der Waals surface area contributed by atoms with Gasteiger partial charge in [0.1, 0.15) is 5.82 Å². The number of benzene rings is 2. The molecule has 2 aromatic rings. The molecule has 0 unspecified atom stereocenters. The van der Waals surface area contributed by atoms with Gasteiger partial charge in [-0.3, -0.25) is 10.2 Å². The minimum Gasteiger partial charge on any atom is -0.378 e. The number of nitrogen functional groups attached to an aromatic ring is 1. The van der Waals surface area contributed by atoms with Crippen molar-refractivity contribution in [2.24, 2.45) is 5.84 Å². The molecule has 8 heteroatoms. The summed E-state index contributed by atoms with van der Waals surface area (Å²) in [6, 6.07) is 13.8. The van der Waals surface area contributed by atoms with Gasteiger partial charge in [0.15, 0.2) is 0 Å². The van der Waals surface area contributed by atoms with Gasteiger partial charge in [-0.25, -0.2) is 15.0 Å². The monoisotopic (exact) mass is 400 g/mol.